The third-order valence-corrected chi connectivity index (χ3v) is 4.21. The highest BCUT2D eigenvalue weighted by molar-refractivity contribution is 5.76. The first-order chi connectivity index (χ1) is 10.2. The summed E-state index contributed by atoms with van der Waals surface area (Å²) < 4.78 is 5.11. The van der Waals surface area contributed by atoms with E-state index in [1.165, 1.54) is 32.4 Å². The van der Waals surface area contributed by atoms with Gasteiger partial charge in [0.15, 0.2) is 0 Å². The van der Waals surface area contributed by atoms with Gasteiger partial charge in [-0.05, 0) is 59.2 Å². The lowest BCUT2D eigenvalue weighted by atomic mass is 10.1. The Balaban J connectivity index is 1.57. The number of likely N-dealkylation sites (tertiary alicyclic amines) is 1. The fourth-order valence-electron chi connectivity index (χ4n) is 2.90. The van der Waals surface area contributed by atoms with Crippen molar-refractivity contribution in [1.82, 2.24) is 15.4 Å². The number of hydrogen-bond donors (Lipinski definition) is 1. The molecule has 0 atom stereocenters. The first-order valence-electron chi connectivity index (χ1n) is 8.07. The highest BCUT2D eigenvalue weighted by atomic mass is 16.5. The van der Waals surface area contributed by atoms with Crippen LogP contribution in [0.2, 0.25) is 0 Å². The molecule has 0 spiro atoms. The highest BCUT2D eigenvalue weighted by Crippen LogP contribution is 2.14. The molecule has 2 rings (SSSR count). The normalized spacial score (nSPS) is 16.1. The van der Waals surface area contributed by atoms with E-state index in [4.69, 9.17) is 4.52 Å². The van der Waals surface area contributed by atoms with Crippen molar-refractivity contribution in [3.05, 3.63) is 17.0 Å². The van der Waals surface area contributed by atoms with Crippen molar-refractivity contribution in [1.29, 1.82) is 0 Å². The third-order valence-electron chi connectivity index (χ3n) is 4.21. The Morgan fingerprint density at radius 2 is 2.05 bits per heavy atom. The molecule has 2 heterocycles. The Labute approximate surface area is 127 Å². The molecular weight excluding hydrogens is 266 g/mol. The van der Waals surface area contributed by atoms with Crippen molar-refractivity contribution in [2.75, 3.05) is 26.2 Å². The van der Waals surface area contributed by atoms with Gasteiger partial charge in [0.05, 0.1) is 5.69 Å². The smallest absolute Gasteiger partial charge is 0.220 e. The van der Waals surface area contributed by atoms with Gasteiger partial charge in [-0.2, -0.15) is 0 Å². The van der Waals surface area contributed by atoms with Crippen molar-refractivity contribution < 1.29 is 9.32 Å². The number of nitrogens with zero attached hydrogens (tertiary/aromatic N) is 2. The number of carbonyl (C=O) groups excluding carboxylic acids is 1. The van der Waals surface area contributed by atoms with E-state index in [2.05, 4.69) is 15.4 Å². The van der Waals surface area contributed by atoms with Crippen molar-refractivity contribution in [3.63, 3.8) is 0 Å². The molecule has 1 fully saturated rings. The van der Waals surface area contributed by atoms with Gasteiger partial charge in [0.25, 0.3) is 0 Å². The van der Waals surface area contributed by atoms with E-state index >= 15 is 0 Å². The average Bonchev–Trinajstić information content (AvgIpc) is 2.81. The molecule has 0 aromatic carbocycles. The summed E-state index contributed by atoms with van der Waals surface area (Å²) in [6, 6.07) is 0. The Hall–Kier alpha value is -1.36. The van der Waals surface area contributed by atoms with Crippen LogP contribution in [0, 0.1) is 13.8 Å². The molecule has 21 heavy (non-hydrogen) atoms. The predicted molar refractivity (Wildman–Crippen MR) is 82.2 cm³/mol. The zero-order chi connectivity index (χ0) is 15.1. The van der Waals surface area contributed by atoms with Gasteiger partial charge in [0.1, 0.15) is 5.76 Å². The number of amides is 1. The molecule has 0 unspecified atom stereocenters. The van der Waals surface area contributed by atoms with Gasteiger partial charge in [0.2, 0.25) is 5.91 Å². The Morgan fingerprint density at radius 3 is 2.71 bits per heavy atom. The maximum Gasteiger partial charge on any atom is 0.220 e. The molecule has 0 saturated carbocycles. The summed E-state index contributed by atoms with van der Waals surface area (Å²) in [7, 11) is 0. The van der Waals surface area contributed by atoms with Crippen LogP contribution in [0.5, 0.6) is 0 Å². The fraction of sp³-hybridized carbons (Fsp3) is 0.750. The van der Waals surface area contributed by atoms with E-state index in [0.717, 1.165) is 36.5 Å². The largest absolute Gasteiger partial charge is 0.361 e. The summed E-state index contributed by atoms with van der Waals surface area (Å²) >= 11 is 0. The topological polar surface area (TPSA) is 58.4 Å². The molecular formula is C16H27N3O2. The van der Waals surface area contributed by atoms with Crippen LogP contribution in [0.15, 0.2) is 4.52 Å². The van der Waals surface area contributed by atoms with Gasteiger partial charge in [-0.3, -0.25) is 4.79 Å². The van der Waals surface area contributed by atoms with Gasteiger partial charge in [-0.1, -0.05) is 11.6 Å². The monoisotopic (exact) mass is 293 g/mol. The van der Waals surface area contributed by atoms with E-state index in [0.29, 0.717) is 12.8 Å². The Bertz CT molecular complexity index is 431. The molecule has 1 saturated heterocycles. The van der Waals surface area contributed by atoms with Crippen LogP contribution in [-0.2, 0) is 11.2 Å². The molecule has 1 amide bonds. The minimum Gasteiger partial charge on any atom is -0.361 e. The van der Waals surface area contributed by atoms with Gasteiger partial charge in [-0.25, -0.2) is 0 Å². The average molecular weight is 293 g/mol. The third kappa shape index (κ3) is 5.16. The molecule has 5 heteroatoms. The molecule has 0 bridgehead atoms. The van der Waals surface area contributed by atoms with Gasteiger partial charge in [-0.15, -0.1) is 0 Å². The van der Waals surface area contributed by atoms with Crippen LogP contribution in [0.4, 0.5) is 0 Å². The van der Waals surface area contributed by atoms with Crippen LogP contribution in [0.25, 0.3) is 0 Å². The summed E-state index contributed by atoms with van der Waals surface area (Å²) in [5.41, 5.74) is 1.96. The van der Waals surface area contributed by atoms with Crippen molar-refractivity contribution in [2.45, 2.75) is 52.4 Å². The molecule has 1 aliphatic heterocycles. The molecule has 1 aromatic heterocycles. The van der Waals surface area contributed by atoms with Crippen LogP contribution in [-0.4, -0.2) is 42.1 Å². The van der Waals surface area contributed by atoms with E-state index in [-0.39, 0.29) is 5.91 Å². The van der Waals surface area contributed by atoms with Gasteiger partial charge < -0.3 is 14.7 Å². The van der Waals surface area contributed by atoms with E-state index in [9.17, 15) is 4.79 Å². The summed E-state index contributed by atoms with van der Waals surface area (Å²) in [6.45, 7) is 8.13. The van der Waals surface area contributed by atoms with Gasteiger partial charge >= 0.3 is 0 Å². The first kappa shape index (κ1) is 16.0. The van der Waals surface area contributed by atoms with E-state index in [1.807, 2.05) is 13.8 Å². The molecule has 1 N–H and O–H groups in total. The first-order valence-corrected chi connectivity index (χ1v) is 8.07. The van der Waals surface area contributed by atoms with E-state index < -0.39 is 0 Å². The lowest BCUT2D eigenvalue weighted by molar-refractivity contribution is -0.121. The molecule has 1 aromatic rings. The molecule has 0 aliphatic carbocycles. The Morgan fingerprint density at radius 1 is 1.29 bits per heavy atom. The van der Waals surface area contributed by atoms with Crippen molar-refractivity contribution >= 4 is 5.91 Å². The van der Waals surface area contributed by atoms with Crippen molar-refractivity contribution in [3.8, 4) is 0 Å². The second-order valence-corrected chi connectivity index (χ2v) is 5.91. The number of piperidine rings is 1. The number of carbonyl (C=O) groups is 1. The lowest BCUT2D eigenvalue weighted by Crippen LogP contribution is -2.33. The predicted octanol–water partition coefficient (Wildman–Crippen LogP) is 2.22. The van der Waals surface area contributed by atoms with Crippen LogP contribution >= 0.6 is 0 Å². The number of aromatic nitrogens is 1. The van der Waals surface area contributed by atoms with Crippen LogP contribution in [0.3, 0.4) is 0 Å². The van der Waals surface area contributed by atoms with Crippen LogP contribution < -0.4 is 5.32 Å². The SMILES string of the molecule is Cc1noc(C)c1CCC(=O)NCCCN1CCCCC1. The second-order valence-electron chi connectivity index (χ2n) is 5.91. The maximum absolute atomic E-state index is 11.8. The quantitative estimate of drug-likeness (QED) is 0.783. The number of nitrogens with one attached hydrogen (secondary N) is 1. The van der Waals surface area contributed by atoms with E-state index in [1.54, 1.807) is 0 Å². The zero-order valence-electron chi connectivity index (χ0n) is 13.3. The number of aryl methyl sites for hydroxylation is 2. The number of rotatable bonds is 7. The molecule has 5 nitrogen and oxygen atoms in total. The minimum atomic E-state index is 0.119. The zero-order valence-corrected chi connectivity index (χ0v) is 13.3. The van der Waals surface area contributed by atoms with Crippen LogP contribution in [0.1, 0.15) is 49.1 Å². The summed E-state index contributed by atoms with van der Waals surface area (Å²) in [5.74, 6) is 0.944. The number of hydrogen-bond acceptors (Lipinski definition) is 4. The van der Waals surface area contributed by atoms with Crippen molar-refractivity contribution in [2.24, 2.45) is 0 Å². The maximum atomic E-state index is 11.8. The summed E-state index contributed by atoms with van der Waals surface area (Å²) in [6.07, 6.45) is 6.27. The standard InChI is InChI=1S/C16H27N3O2/c1-13-15(14(2)21-18-13)7-8-16(20)17-9-6-12-19-10-4-3-5-11-19/h3-12H2,1-2H3,(H,17,20). The van der Waals surface area contributed by atoms with Gasteiger partial charge in [0, 0.05) is 18.5 Å². The lowest BCUT2D eigenvalue weighted by Gasteiger charge is -2.26. The molecule has 1 aliphatic rings. The second kappa shape index (κ2) is 8.17. The Kier molecular flexibility index (Phi) is 6.23. The molecule has 118 valence electrons. The minimum absolute atomic E-state index is 0.119. The highest BCUT2D eigenvalue weighted by Gasteiger charge is 2.12. The molecule has 0 radical (unpaired) electrons. The fourth-order valence-corrected chi connectivity index (χ4v) is 2.90. The summed E-state index contributed by atoms with van der Waals surface area (Å²) in [4.78, 5) is 14.3. The summed E-state index contributed by atoms with van der Waals surface area (Å²) in [5, 5.41) is 6.92.